The van der Waals surface area contributed by atoms with Crippen molar-refractivity contribution in [3.63, 3.8) is 0 Å². The maximum Gasteiger partial charge on any atom is 0.148 e. The van der Waals surface area contributed by atoms with E-state index in [0.717, 1.165) is 49.6 Å². The Morgan fingerprint density at radius 1 is 0.909 bits per heavy atom. The van der Waals surface area contributed by atoms with Crippen LogP contribution in [0.15, 0.2) is 71.6 Å². The Bertz CT molecular complexity index is 1630. The van der Waals surface area contributed by atoms with Gasteiger partial charge in [-0.2, -0.15) is 0 Å². The summed E-state index contributed by atoms with van der Waals surface area (Å²) in [5.41, 5.74) is 3.85. The number of methoxy groups -OCH3 is 1. The first kappa shape index (κ1) is 21.2. The zero-order chi connectivity index (χ0) is 23.3. The molecule has 0 fully saturated rings. The summed E-state index contributed by atoms with van der Waals surface area (Å²) in [5.74, 6) is 5.34. The monoisotopic (exact) mass is 458 g/mol. The van der Waals surface area contributed by atoms with E-state index < -0.39 is 9.80 Å². The first-order valence-corrected chi connectivity index (χ1v) is 12.3. The minimum Gasteiger partial charge on any atom is -0.497 e. The number of anilines is 1. The molecule has 33 heavy (non-hydrogen) atoms. The number of ether oxygens (including phenoxy) is 1. The minimum absolute atomic E-state index is 0.543. The van der Waals surface area contributed by atoms with Crippen molar-refractivity contribution in [1.82, 2.24) is 4.98 Å². The van der Waals surface area contributed by atoms with Gasteiger partial charge in [0.25, 0.3) is 0 Å². The fourth-order valence-electron chi connectivity index (χ4n) is 4.41. The molecule has 0 spiro atoms. The third-order valence-corrected chi connectivity index (χ3v) is 7.57. The molecule has 0 aliphatic heterocycles. The topological polar surface area (TPSA) is 54.6 Å². The van der Waals surface area contributed by atoms with Gasteiger partial charge in [-0.3, -0.25) is 0 Å². The number of nitrogens with one attached hydrogen (secondary N) is 1. The maximum atomic E-state index is 13.8. The summed E-state index contributed by atoms with van der Waals surface area (Å²) in [6, 6.07) is 21.6. The fraction of sp³-hybridized carbons (Fsp3) is 0.148. The van der Waals surface area contributed by atoms with Crippen LogP contribution in [0.25, 0.3) is 32.6 Å². The largest absolute Gasteiger partial charge is 0.497 e. The first-order chi connectivity index (χ1) is 15.8. The molecule has 0 aliphatic rings. The Hall–Kier alpha value is -3.64. The molecule has 0 saturated carbocycles. The number of rotatable bonds is 5. The standard InChI is InChI=1S/C27H26N2O3S/c1-17-25(15-14-22-19-13-12-18(31-4)16-23(19)28-27(17)22)32-33(5,30)26-11-7-8-20-21(26)9-6-10-24(20)29(2)3/h6-16,28H,5H2,1-4H3. The highest BCUT2D eigenvalue weighted by Gasteiger charge is 2.18. The molecule has 1 unspecified atom stereocenters. The molecule has 5 rings (SSSR count). The Morgan fingerprint density at radius 3 is 2.39 bits per heavy atom. The van der Waals surface area contributed by atoms with Crippen molar-refractivity contribution >= 4 is 53.9 Å². The number of aryl methyl sites for hydroxylation is 1. The van der Waals surface area contributed by atoms with Crippen LogP contribution in [0.1, 0.15) is 5.56 Å². The van der Waals surface area contributed by atoms with Crippen LogP contribution < -0.4 is 13.8 Å². The molecule has 1 aromatic heterocycles. The Balaban J connectivity index is 1.61. The van der Waals surface area contributed by atoms with Gasteiger partial charge < -0.3 is 18.8 Å². The summed E-state index contributed by atoms with van der Waals surface area (Å²) in [6.45, 7) is 1.97. The zero-order valence-electron chi connectivity index (χ0n) is 19.1. The quantitative estimate of drug-likeness (QED) is 0.332. The lowest BCUT2D eigenvalue weighted by Gasteiger charge is -2.19. The highest BCUT2D eigenvalue weighted by molar-refractivity contribution is 7.96. The molecule has 5 aromatic rings. The van der Waals surface area contributed by atoms with Crippen LogP contribution in [0.3, 0.4) is 0 Å². The van der Waals surface area contributed by atoms with Crippen molar-refractivity contribution in [1.29, 1.82) is 0 Å². The van der Waals surface area contributed by atoms with E-state index >= 15 is 0 Å². The van der Waals surface area contributed by atoms with Gasteiger partial charge in [0.15, 0.2) is 0 Å². The van der Waals surface area contributed by atoms with E-state index in [1.807, 2.05) is 92.6 Å². The number of hydrogen-bond acceptors (Lipinski definition) is 4. The van der Waals surface area contributed by atoms with Crippen LogP contribution >= 0.6 is 0 Å². The lowest BCUT2D eigenvalue weighted by Crippen LogP contribution is -2.12. The highest BCUT2D eigenvalue weighted by Crippen LogP contribution is 2.36. The van der Waals surface area contributed by atoms with E-state index in [1.165, 1.54) is 0 Å². The molecule has 1 N–H and O–H groups in total. The van der Waals surface area contributed by atoms with Gasteiger partial charge >= 0.3 is 0 Å². The second kappa shape index (κ2) is 7.74. The molecule has 0 aliphatic carbocycles. The van der Waals surface area contributed by atoms with E-state index in [-0.39, 0.29) is 0 Å². The summed E-state index contributed by atoms with van der Waals surface area (Å²) < 4.78 is 25.3. The van der Waals surface area contributed by atoms with Crippen molar-refractivity contribution in [3.05, 3.63) is 72.3 Å². The van der Waals surface area contributed by atoms with Crippen molar-refractivity contribution < 1.29 is 13.1 Å². The normalized spacial score (nSPS) is 13.3. The molecule has 5 nitrogen and oxygen atoms in total. The number of benzene rings is 4. The molecular formula is C27H26N2O3S. The second-order valence-corrected chi connectivity index (χ2v) is 10.2. The van der Waals surface area contributed by atoms with Crippen molar-refractivity contribution in [3.8, 4) is 11.5 Å². The molecule has 168 valence electrons. The van der Waals surface area contributed by atoms with E-state index in [0.29, 0.717) is 10.6 Å². The van der Waals surface area contributed by atoms with Crippen molar-refractivity contribution in [2.75, 3.05) is 26.1 Å². The Labute approximate surface area is 193 Å². The predicted octanol–water partition coefficient (Wildman–Crippen LogP) is 5.93. The molecule has 6 heteroatoms. The number of aromatic nitrogens is 1. The predicted molar refractivity (Wildman–Crippen MR) is 140 cm³/mol. The number of nitrogens with zero attached hydrogens (tertiary/aromatic N) is 1. The average molecular weight is 459 g/mol. The Kier molecular flexibility index (Phi) is 4.98. The third kappa shape index (κ3) is 3.47. The minimum atomic E-state index is -3.07. The van der Waals surface area contributed by atoms with E-state index in [9.17, 15) is 4.21 Å². The molecule has 4 aromatic carbocycles. The molecule has 1 heterocycles. The lowest BCUT2D eigenvalue weighted by molar-refractivity contribution is 0.415. The SMILES string of the molecule is C=S(=O)(Oc1ccc2c([nH]c3cc(OC)ccc32)c1C)c1cccc2c(N(C)C)cccc12. The molecule has 0 radical (unpaired) electrons. The molecular weight excluding hydrogens is 432 g/mol. The molecule has 1 atom stereocenters. The fourth-order valence-corrected chi connectivity index (χ4v) is 5.77. The van der Waals surface area contributed by atoms with Gasteiger partial charge in [0, 0.05) is 53.0 Å². The average Bonchev–Trinajstić information content (AvgIpc) is 3.18. The first-order valence-electron chi connectivity index (χ1n) is 10.6. The van der Waals surface area contributed by atoms with Gasteiger partial charge in [0.1, 0.15) is 21.3 Å². The van der Waals surface area contributed by atoms with E-state index in [1.54, 1.807) is 7.11 Å². The van der Waals surface area contributed by atoms with Crippen molar-refractivity contribution in [2.45, 2.75) is 11.8 Å². The maximum absolute atomic E-state index is 13.8. The lowest BCUT2D eigenvalue weighted by atomic mass is 10.1. The smallest absolute Gasteiger partial charge is 0.148 e. The second-order valence-electron chi connectivity index (χ2n) is 8.37. The number of aromatic amines is 1. The van der Waals surface area contributed by atoms with Crippen LogP contribution in [0.4, 0.5) is 5.69 Å². The van der Waals surface area contributed by atoms with Crippen LogP contribution in [0, 0.1) is 6.92 Å². The molecule has 0 amide bonds. The number of hydrogen-bond donors (Lipinski definition) is 1. The van der Waals surface area contributed by atoms with Crippen LogP contribution in [-0.2, 0) is 9.80 Å². The van der Waals surface area contributed by atoms with Crippen LogP contribution in [0.5, 0.6) is 11.5 Å². The van der Waals surface area contributed by atoms with Gasteiger partial charge in [-0.1, -0.05) is 24.3 Å². The van der Waals surface area contributed by atoms with Crippen LogP contribution in [-0.4, -0.2) is 36.3 Å². The van der Waals surface area contributed by atoms with E-state index in [4.69, 9.17) is 8.92 Å². The summed E-state index contributed by atoms with van der Waals surface area (Å²) in [6.07, 6.45) is 0. The molecule has 0 saturated heterocycles. The van der Waals surface area contributed by atoms with Gasteiger partial charge in [-0.05, 0) is 49.2 Å². The summed E-state index contributed by atoms with van der Waals surface area (Å²) in [7, 11) is 2.57. The summed E-state index contributed by atoms with van der Waals surface area (Å²) in [4.78, 5) is 6.09. The number of H-pyrrole nitrogens is 1. The third-order valence-electron chi connectivity index (χ3n) is 6.09. The Morgan fingerprint density at radius 2 is 1.64 bits per heavy atom. The van der Waals surface area contributed by atoms with Gasteiger partial charge in [-0.15, -0.1) is 0 Å². The van der Waals surface area contributed by atoms with E-state index in [2.05, 4.69) is 10.9 Å². The molecule has 0 bridgehead atoms. The summed E-state index contributed by atoms with van der Waals surface area (Å²) in [5, 5.41) is 4.06. The highest BCUT2D eigenvalue weighted by atomic mass is 32.2. The van der Waals surface area contributed by atoms with Crippen LogP contribution in [0.2, 0.25) is 0 Å². The number of fused-ring (bicyclic) bond motifs is 4. The van der Waals surface area contributed by atoms with Gasteiger partial charge in [-0.25, -0.2) is 4.21 Å². The van der Waals surface area contributed by atoms with Gasteiger partial charge in [0.2, 0.25) is 0 Å². The van der Waals surface area contributed by atoms with Crippen molar-refractivity contribution in [2.24, 2.45) is 0 Å². The zero-order valence-corrected chi connectivity index (χ0v) is 20.0. The summed E-state index contributed by atoms with van der Waals surface area (Å²) >= 11 is 0. The van der Waals surface area contributed by atoms with Gasteiger partial charge in [0.05, 0.1) is 23.0 Å².